The predicted octanol–water partition coefficient (Wildman–Crippen LogP) is 8.98. The van der Waals surface area contributed by atoms with Crippen LogP contribution in [0.25, 0.3) is 42.3 Å². The van der Waals surface area contributed by atoms with Gasteiger partial charge in [-0.25, -0.2) is 14.4 Å². The number of hydrogen-bond acceptors (Lipinski definition) is 3. The topological polar surface area (TPSA) is 25.8 Å². The predicted molar refractivity (Wildman–Crippen MR) is 144 cm³/mol. The van der Waals surface area contributed by atoms with Crippen molar-refractivity contribution in [2.45, 2.75) is 54.4 Å². The van der Waals surface area contributed by atoms with E-state index >= 15 is 4.39 Å². The maximum absolute atomic E-state index is 15.4. The van der Waals surface area contributed by atoms with Crippen LogP contribution in [0.5, 0.6) is 0 Å². The van der Waals surface area contributed by atoms with Crippen molar-refractivity contribution in [3.63, 3.8) is 0 Å². The van der Waals surface area contributed by atoms with Gasteiger partial charge in [0.25, 0.3) is 0 Å². The van der Waals surface area contributed by atoms with Crippen LogP contribution in [-0.4, -0.2) is 9.97 Å². The van der Waals surface area contributed by atoms with Gasteiger partial charge in [0.2, 0.25) is 0 Å². The van der Waals surface area contributed by atoms with Crippen LogP contribution >= 0.6 is 11.3 Å². The molecule has 0 N–H and O–H groups in total. The van der Waals surface area contributed by atoms with Crippen molar-refractivity contribution in [2.75, 3.05) is 0 Å². The summed E-state index contributed by atoms with van der Waals surface area (Å²) in [5, 5.41) is 3.06. The van der Waals surface area contributed by atoms with E-state index in [9.17, 15) is 0 Å². The van der Waals surface area contributed by atoms with Crippen molar-refractivity contribution < 1.29 is 4.39 Å². The van der Waals surface area contributed by atoms with Gasteiger partial charge in [-0.2, -0.15) is 0 Å². The SMILES string of the molecule is CC(C)(C)Cc1ccc2cc(F)c(-c3ncnc4c3sc3cc(CC(C)(C)C)ccc34)cc2c1. The number of fused-ring (bicyclic) bond motifs is 4. The van der Waals surface area contributed by atoms with Gasteiger partial charge >= 0.3 is 0 Å². The molecule has 0 saturated carbocycles. The molecule has 0 bridgehead atoms. The van der Waals surface area contributed by atoms with E-state index < -0.39 is 0 Å². The molecule has 0 saturated heterocycles. The van der Waals surface area contributed by atoms with Crippen LogP contribution in [-0.2, 0) is 12.8 Å². The van der Waals surface area contributed by atoms with E-state index in [2.05, 4.69) is 81.8 Å². The molecule has 5 rings (SSSR count). The lowest BCUT2D eigenvalue weighted by molar-refractivity contribution is 0.411. The first-order valence-corrected chi connectivity index (χ1v) is 12.7. The Balaban J connectivity index is 1.66. The highest BCUT2D eigenvalue weighted by atomic mass is 32.1. The van der Waals surface area contributed by atoms with E-state index in [4.69, 9.17) is 0 Å². The summed E-state index contributed by atoms with van der Waals surface area (Å²) in [5.74, 6) is -0.248. The third-order valence-corrected chi connectivity index (χ3v) is 7.18. The average Bonchev–Trinajstić information content (AvgIpc) is 3.09. The fourth-order valence-electron chi connectivity index (χ4n) is 4.76. The molecule has 2 aromatic heterocycles. The van der Waals surface area contributed by atoms with Gasteiger partial charge < -0.3 is 0 Å². The summed E-state index contributed by atoms with van der Waals surface area (Å²) in [5.41, 5.74) is 5.09. The van der Waals surface area contributed by atoms with Gasteiger partial charge in [-0.3, -0.25) is 0 Å². The third kappa shape index (κ3) is 4.56. The average molecular weight is 471 g/mol. The largest absolute Gasteiger partial charge is 0.235 e. The van der Waals surface area contributed by atoms with Crippen molar-refractivity contribution in [1.29, 1.82) is 0 Å². The molecule has 0 atom stereocenters. The maximum atomic E-state index is 15.4. The molecule has 34 heavy (non-hydrogen) atoms. The van der Waals surface area contributed by atoms with E-state index in [1.807, 2.05) is 12.1 Å². The summed E-state index contributed by atoms with van der Waals surface area (Å²) in [6.07, 6.45) is 3.54. The number of halogens is 1. The van der Waals surface area contributed by atoms with E-state index in [0.717, 1.165) is 39.2 Å². The molecule has 2 heterocycles. The molecule has 0 spiro atoms. The minimum atomic E-state index is -0.248. The first-order valence-electron chi connectivity index (χ1n) is 11.9. The Morgan fingerprint density at radius 2 is 1.44 bits per heavy atom. The van der Waals surface area contributed by atoms with Crippen molar-refractivity contribution in [1.82, 2.24) is 9.97 Å². The molecule has 5 aromatic rings. The van der Waals surface area contributed by atoms with Gasteiger partial charge in [-0.05, 0) is 63.8 Å². The lowest BCUT2D eigenvalue weighted by atomic mass is 9.87. The minimum absolute atomic E-state index is 0.193. The highest BCUT2D eigenvalue weighted by molar-refractivity contribution is 7.26. The summed E-state index contributed by atoms with van der Waals surface area (Å²) >= 11 is 1.66. The lowest BCUT2D eigenvalue weighted by Gasteiger charge is -2.18. The van der Waals surface area contributed by atoms with E-state index in [-0.39, 0.29) is 16.6 Å². The Bertz CT molecular complexity index is 1530. The van der Waals surface area contributed by atoms with Gasteiger partial charge in [0, 0.05) is 15.6 Å². The second-order valence-corrected chi connectivity index (χ2v) is 12.9. The zero-order chi connectivity index (χ0) is 24.3. The van der Waals surface area contributed by atoms with Gasteiger partial charge in [-0.1, -0.05) is 71.9 Å². The van der Waals surface area contributed by atoms with Crippen LogP contribution in [0.2, 0.25) is 0 Å². The molecular weight excluding hydrogens is 439 g/mol. The van der Waals surface area contributed by atoms with E-state index in [1.165, 1.54) is 15.8 Å². The van der Waals surface area contributed by atoms with Crippen LogP contribution in [0, 0.1) is 16.6 Å². The number of hydrogen-bond donors (Lipinski definition) is 0. The summed E-state index contributed by atoms with van der Waals surface area (Å²) in [6.45, 7) is 13.5. The quantitative estimate of drug-likeness (QED) is 0.263. The van der Waals surface area contributed by atoms with Crippen molar-refractivity contribution in [3.8, 4) is 11.3 Å². The standard InChI is InChI=1S/C30H31FN2S/c1-29(2,3)15-18-7-9-20-14-24(31)23(13-21(20)11-18)27-28-26(32-17-33-27)22-10-8-19(12-25(22)34-28)16-30(4,5)6/h7-14,17H,15-16H2,1-6H3. The Morgan fingerprint density at radius 3 is 2.15 bits per heavy atom. The normalized spacial score (nSPS) is 12.8. The summed E-state index contributed by atoms with van der Waals surface area (Å²) in [4.78, 5) is 9.15. The number of rotatable bonds is 3. The molecule has 0 radical (unpaired) electrons. The zero-order valence-electron chi connectivity index (χ0n) is 20.8. The number of aromatic nitrogens is 2. The van der Waals surface area contributed by atoms with Gasteiger partial charge in [0.05, 0.1) is 15.9 Å². The van der Waals surface area contributed by atoms with Crippen LogP contribution in [0.4, 0.5) is 4.39 Å². The first-order chi connectivity index (χ1) is 16.0. The summed E-state index contributed by atoms with van der Waals surface area (Å²) < 4.78 is 17.5. The lowest BCUT2D eigenvalue weighted by Crippen LogP contribution is -2.08. The number of benzene rings is 3. The van der Waals surface area contributed by atoms with Crippen molar-refractivity contribution in [2.24, 2.45) is 10.8 Å². The second-order valence-electron chi connectivity index (χ2n) is 11.8. The highest BCUT2D eigenvalue weighted by Crippen LogP contribution is 2.40. The number of thiophene rings is 1. The Hall–Kier alpha value is -2.85. The molecule has 0 fully saturated rings. The minimum Gasteiger partial charge on any atom is -0.235 e. The van der Waals surface area contributed by atoms with Crippen molar-refractivity contribution in [3.05, 3.63) is 71.8 Å². The van der Waals surface area contributed by atoms with Crippen LogP contribution in [0.1, 0.15) is 52.7 Å². The van der Waals surface area contributed by atoms with Crippen LogP contribution in [0.3, 0.4) is 0 Å². The first kappa shape index (κ1) is 22.9. The van der Waals surface area contributed by atoms with Gasteiger partial charge in [-0.15, -0.1) is 11.3 Å². The summed E-state index contributed by atoms with van der Waals surface area (Å²) in [7, 11) is 0. The number of nitrogens with zero attached hydrogens (tertiary/aromatic N) is 2. The Kier molecular flexibility index (Phi) is 5.48. The van der Waals surface area contributed by atoms with Gasteiger partial charge in [0.15, 0.2) is 0 Å². The molecule has 0 unspecified atom stereocenters. The molecule has 0 aliphatic rings. The zero-order valence-corrected chi connectivity index (χ0v) is 21.6. The van der Waals surface area contributed by atoms with Crippen LogP contribution < -0.4 is 0 Å². The van der Waals surface area contributed by atoms with E-state index in [1.54, 1.807) is 23.7 Å². The smallest absolute Gasteiger partial charge is 0.133 e. The maximum Gasteiger partial charge on any atom is 0.133 e. The monoisotopic (exact) mass is 470 g/mol. The second kappa shape index (κ2) is 8.13. The molecule has 0 aliphatic carbocycles. The molecule has 0 aliphatic heterocycles. The highest BCUT2D eigenvalue weighted by Gasteiger charge is 2.18. The molecule has 4 heteroatoms. The molecule has 3 aromatic carbocycles. The van der Waals surface area contributed by atoms with Crippen molar-refractivity contribution >= 4 is 42.4 Å². The summed E-state index contributed by atoms with van der Waals surface area (Å²) in [6, 6.07) is 16.5. The molecular formula is C30H31FN2S. The Morgan fingerprint density at radius 1 is 0.765 bits per heavy atom. The fourth-order valence-corrected chi connectivity index (χ4v) is 5.98. The van der Waals surface area contributed by atoms with E-state index in [0.29, 0.717) is 11.3 Å². The van der Waals surface area contributed by atoms with Crippen LogP contribution in [0.15, 0.2) is 54.9 Å². The third-order valence-electron chi connectivity index (χ3n) is 6.03. The fraction of sp³-hybridized carbons (Fsp3) is 0.333. The molecule has 2 nitrogen and oxygen atoms in total. The molecule has 0 amide bonds. The Labute approximate surface area is 204 Å². The molecule has 174 valence electrons. The van der Waals surface area contributed by atoms with Gasteiger partial charge in [0.1, 0.15) is 12.1 Å².